The maximum atomic E-state index is 13.3. The predicted octanol–water partition coefficient (Wildman–Crippen LogP) is 1.51. The van der Waals surface area contributed by atoms with E-state index in [4.69, 9.17) is 0 Å². The molecule has 0 heterocycles. The van der Waals surface area contributed by atoms with Crippen molar-refractivity contribution in [2.75, 3.05) is 0 Å². The maximum Gasteiger partial charge on any atom is 0.318 e. The van der Waals surface area contributed by atoms with Gasteiger partial charge in [-0.15, -0.1) is 0 Å². The summed E-state index contributed by atoms with van der Waals surface area (Å²) >= 11 is 0. The van der Waals surface area contributed by atoms with Crippen LogP contribution >= 0.6 is 0 Å². The lowest BCUT2D eigenvalue weighted by Gasteiger charge is -2.51. The van der Waals surface area contributed by atoms with Crippen molar-refractivity contribution >= 4 is 23.3 Å². The number of fused-ring (bicyclic) bond motifs is 6. The zero-order valence-electron chi connectivity index (χ0n) is 13.2. The summed E-state index contributed by atoms with van der Waals surface area (Å²) in [5.41, 5.74) is -1.65. The fourth-order valence-corrected chi connectivity index (χ4v) is 5.95. The summed E-state index contributed by atoms with van der Waals surface area (Å²) in [7, 11) is 0. The van der Waals surface area contributed by atoms with E-state index in [1.54, 1.807) is 19.9 Å². The molecule has 0 spiro atoms. The van der Waals surface area contributed by atoms with Crippen LogP contribution < -0.4 is 0 Å². The SMILES string of the molecule is C[C@@H]1C=C[C@H](C)[C@H]2C(=O)C3C(C(=O)[C@]12C(=O)O)[C@H]1CC(=O)[C@@H]3C1. The number of rotatable bonds is 1. The van der Waals surface area contributed by atoms with Crippen molar-refractivity contribution in [3.63, 3.8) is 0 Å². The molecular formula is C18H20O5. The first-order valence-electron chi connectivity index (χ1n) is 8.34. The molecule has 5 heteroatoms. The number of hydrogen-bond acceptors (Lipinski definition) is 4. The normalized spacial score (nSPS) is 50.9. The van der Waals surface area contributed by atoms with Gasteiger partial charge in [-0.25, -0.2) is 0 Å². The zero-order valence-corrected chi connectivity index (χ0v) is 13.2. The Morgan fingerprint density at radius 3 is 2.52 bits per heavy atom. The number of aliphatic carboxylic acids is 1. The molecule has 2 bridgehead atoms. The second kappa shape index (κ2) is 4.40. The van der Waals surface area contributed by atoms with E-state index in [1.807, 2.05) is 6.08 Å². The molecule has 0 saturated heterocycles. The Morgan fingerprint density at radius 1 is 1.17 bits per heavy atom. The quantitative estimate of drug-likeness (QED) is 0.585. The maximum absolute atomic E-state index is 13.3. The number of ketones is 3. The van der Waals surface area contributed by atoms with Crippen molar-refractivity contribution in [3.05, 3.63) is 12.2 Å². The molecule has 4 aliphatic carbocycles. The summed E-state index contributed by atoms with van der Waals surface area (Å²) in [5.74, 6) is -4.87. The third-order valence-electron chi connectivity index (χ3n) is 6.90. The van der Waals surface area contributed by atoms with Gasteiger partial charge in [-0.2, -0.15) is 0 Å². The first-order chi connectivity index (χ1) is 10.8. The summed E-state index contributed by atoms with van der Waals surface area (Å²) in [6.07, 6.45) is 4.51. The van der Waals surface area contributed by atoms with Gasteiger partial charge in [-0.05, 0) is 24.2 Å². The van der Waals surface area contributed by atoms with E-state index < -0.39 is 35.1 Å². The molecule has 0 aromatic rings. The van der Waals surface area contributed by atoms with E-state index in [9.17, 15) is 24.3 Å². The molecule has 4 rings (SSSR count). The highest BCUT2D eigenvalue weighted by atomic mass is 16.4. The largest absolute Gasteiger partial charge is 0.480 e. The van der Waals surface area contributed by atoms with Gasteiger partial charge in [0.1, 0.15) is 17.0 Å². The van der Waals surface area contributed by atoms with Crippen LogP contribution in [0.1, 0.15) is 26.7 Å². The number of carboxylic acid groups (broad SMARTS) is 1. The zero-order chi connectivity index (χ0) is 16.7. The highest BCUT2D eigenvalue weighted by Crippen LogP contribution is 2.61. The molecule has 3 fully saturated rings. The van der Waals surface area contributed by atoms with Crippen molar-refractivity contribution in [2.45, 2.75) is 26.7 Å². The summed E-state index contributed by atoms with van der Waals surface area (Å²) in [6, 6.07) is 0. The molecule has 1 N–H and O–H groups in total. The standard InChI is InChI=1S/C18H20O5/c1-7-3-4-8(2)18(17(22)23)14(7)15(20)13-10-5-9(6-11(10)19)12(13)16(18)21/h3-4,7-10,12-14H,5-6H2,1-2H3,(H,22,23)/t7-,8+,9+,10-,12?,13?,14-,18-/m0/s1. The molecule has 0 aliphatic heterocycles. The van der Waals surface area contributed by atoms with Gasteiger partial charge in [0.05, 0.1) is 0 Å². The monoisotopic (exact) mass is 316 g/mol. The Balaban J connectivity index is 1.92. The number of hydrogen-bond donors (Lipinski definition) is 1. The molecule has 4 aliphatic rings. The van der Waals surface area contributed by atoms with Crippen LogP contribution in [0.2, 0.25) is 0 Å². The van der Waals surface area contributed by atoms with Crippen LogP contribution in [0.25, 0.3) is 0 Å². The number of carbonyl (C=O) groups is 4. The van der Waals surface area contributed by atoms with Crippen LogP contribution in [0.3, 0.4) is 0 Å². The lowest BCUT2D eigenvalue weighted by Crippen LogP contribution is -2.65. The van der Waals surface area contributed by atoms with E-state index in [1.165, 1.54) is 0 Å². The molecule has 0 aromatic carbocycles. The van der Waals surface area contributed by atoms with Gasteiger partial charge in [0.2, 0.25) is 0 Å². The van der Waals surface area contributed by atoms with Crippen molar-refractivity contribution in [1.82, 2.24) is 0 Å². The average Bonchev–Trinajstić information content (AvgIpc) is 3.03. The van der Waals surface area contributed by atoms with Gasteiger partial charge >= 0.3 is 5.97 Å². The number of allylic oxidation sites excluding steroid dienone is 2. The fraction of sp³-hybridized carbons (Fsp3) is 0.667. The van der Waals surface area contributed by atoms with E-state index in [0.29, 0.717) is 12.8 Å². The van der Waals surface area contributed by atoms with E-state index in [2.05, 4.69) is 0 Å². The van der Waals surface area contributed by atoms with Crippen molar-refractivity contribution in [2.24, 2.45) is 46.8 Å². The van der Waals surface area contributed by atoms with Crippen LogP contribution in [0.15, 0.2) is 12.2 Å². The van der Waals surface area contributed by atoms with Gasteiger partial charge in [-0.3, -0.25) is 19.2 Å². The first-order valence-corrected chi connectivity index (χ1v) is 8.34. The summed E-state index contributed by atoms with van der Waals surface area (Å²) < 4.78 is 0. The molecule has 8 atom stereocenters. The highest BCUT2D eigenvalue weighted by Gasteiger charge is 2.72. The smallest absolute Gasteiger partial charge is 0.318 e. The van der Waals surface area contributed by atoms with Crippen molar-refractivity contribution in [3.8, 4) is 0 Å². The van der Waals surface area contributed by atoms with Crippen LogP contribution in [0.4, 0.5) is 0 Å². The summed E-state index contributed by atoms with van der Waals surface area (Å²) in [6.45, 7) is 3.51. The molecule has 0 radical (unpaired) electrons. The van der Waals surface area contributed by atoms with E-state index in [-0.39, 0.29) is 35.1 Å². The summed E-state index contributed by atoms with van der Waals surface area (Å²) in [5, 5.41) is 9.97. The Kier molecular flexibility index (Phi) is 2.83. The van der Waals surface area contributed by atoms with Gasteiger partial charge in [0.15, 0.2) is 5.78 Å². The lowest BCUT2D eigenvalue weighted by molar-refractivity contribution is -0.179. The third kappa shape index (κ3) is 1.49. The number of carboxylic acids is 1. The number of carbonyl (C=O) groups excluding carboxylic acids is 3. The molecule has 2 unspecified atom stereocenters. The van der Waals surface area contributed by atoms with Crippen LogP contribution in [-0.2, 0) is 19.2 Å². The Labute approximate surface area is 134 Å². The minimum absolute atomic E-state index is 0.0762. The molecule has 0 aromatic heterocycles. The van der Waals surface area contributed by atoms with Crippen molar-refractivity contribution < 1.29 is 24.3 Å². The van der Waals surface area contributed by atoms with Gasteiger partial charge in [0.25, 0.3) is 0 Å². The van der Waals surface area contributed by atoms with Crippen LogP contribution in [-0.4, -0.2) is 28.4 Å². The lowest BCUT2D eigenvalue weighted by atomic mass is 9.47. The number of Topliss-reactive ketones (excluding diaryl/α,β-unsaturated/α-hetero) is 3. The van der Waals surface area contributed by atoms with Gasteiger partial charge in [0, 0.05) is 30.1 Å². The molecule has 5 nitrogen and oxygen atoms in total. The highest BCUT2D eigenvalue weighted by molar-refractivity contribution is 6.15. The second-order valence-corrected chi connectivity index (χ2v) is 7.78. The third-order valence-corrected chi connectivity index (χ3v) is 6.90. The van der Waals surface area contributed by atoms with E-state index >= 15 is 0 Å². The van der Waals surface area contributed by atoms with Crippen LogP contribution in [0, 0.1) is 46.8 Å². The molecule has 3 saturated carbocycles. The predicted molar refractivity (Wildman–Crippen MR) is 79.2 cm³/mol. The minimum atomic E-state index is -1.65. The Hall–Kier alpha value is -1.78. The molecule has 23 heavy (non-hydrogen) atoms. The Morgan fingerprint density at radius 2 is 1.87 bits per heavy atom. The topological polar surface area (TPSA) is 88.5 Å². The van der Waals surface area contributed by atoms with Crippen molar-refractivity contribution in [1.29, 1.82) is 0 Å². The second-order valence-electron chi connectivity index (χ2n) is 7.78. The minimum Gasteiger partial charge on any atom is -0.480 e. The first kappa shape index (κ1) is 14.8. The fourth-order valence-electron chi connectivity index (χ4n) is 5.95. The van der Waals surface area contributed by atoms with Crippen LogP contribution in [0.5, 0.6) is 0 Å². The average molecular weight is 316 g/mol. The molecule has 0 amide bonds. The summed E-state index contributed by atoms with van der Waals surface area (Å²) in [4.78, 5) is 50.8. The molecular weight excluding hydrogens is 296 g/mol. The Bertz CT molecular complexity index is 677. The van der Waals surface area contributed by atoms with E-state index in [0.717, 1.165) is 0 Å². The molecule has 122 valence electrons. The van der Waals surface area contributed by atoms with Gasteiger partial charge < -0.3 is 5.11 Å². The van der Waals surface area contributed by atoms with Gasteiger partial charge in [-0.1, -0.05) is 26.0 Å².